The highest BCUT2D eigenvalue weighted by Crippen LogP contribution is 2.21. The molecule has 0 aliphatic carbocycles. The molecule has 0 aliphatic heterocycles. The van der Waals surface area contributed by atoms with E-state index in [1.165, 1.54) is 49.7 Å². The van der Waals surface area contributed by atoms with Gasteiger partial charge in [-0.05, 0) is 53.8 Å². The number of aryl methyl sites for hydroxylation is 1. The zero-order valence-corrected chi connectivity index (χ0v) is 16.8. The summed E-state index contributed by atoms with van der Waals surface area (Å²) in [6.45, 7) is 2.25. The lowest BCUT2D eigenvalue weighted by Gasteiger charge is -2.02. The second-order valence-electron chi connectivity index (χ2n) is 7.10. The Hall–Kier alpha value is -2.74. The van der Waals surface area contributed by atoms with E-state index < -0.39 is 0 Å². The van der Waals surface area contributed by atoms with Crippen LogP contribution in [0.25, 0.3) is 11.1 Å². The Morgan fingerprint density at radius 1 is 0.536 bits per heavy atom. The Balaban J connectivity index is 0.000000202. The van der Waals surface area contributed by atoms with E-state index in [0.717, 1.165) is 12.0 Å². The summed E-state index contributed by atoms with van der Waals surface area (Å²) < 4.78 is 0. The SMILES string of the molecule is CCCCCCCCc1ccc(O)cc1.Oc1ccc(-c2ccccc2)cc1. The molecule has 0 spiro atoms. The Morgan fingerprint density at radius 2 is 1.04 bits per heavy atom. The van der Waals surface area contributed by atoms with Crippen LogP contribution in [0.15, 0.2) is 78.9 Å². The van der Waals surface area contributed by atoms with Crippen LogP contribution < -0.4 is 0 Å². The number of phenols is 2. The molecular weight excluding hydrogens is 344 g/mol. The van der Waals surface area contributed by atoms with E-state index in [2.05, 4.69) is 6.92 Å². The molecule has 148 valence electrons. The molecule has 0 bridgehead atoms. The highest BCUT2D eigenvalue weighted by Gasteiger charge is 1.95. The van der Waals surface area contributed by atoms with Gasteiger partial charge in [0.05, 0.1) is 0 Å². The number of rotatable bonds is 8. The van der Waals surface area contributed by atoms with Crippen LogP contribution in [0.2, 0.25) is 0 Å². The maximum atomic E-state index is 9.13. The summed E-state index contributed by atoms with van der Waals surface area (Å²) in [6.07, 6.45) is 9.19. The molecule has 0 aliphatic rings. The third-order valence-corrected chi connectivity index (χ3v) is 4.73. The van der Waals surface area contributed by atoms with Gasteiger partial charge in [-0.25, -0.2) is 0 Å². The average molecular weight is 377 g/mol. The number of phenolic OH excluding ortho intramolecular Hbond substituents is 2. The van der Waals surface area contributed by atoms with E-state index in [0.29, 0.717) is 11.5 Å². The molecule has 0 heterocycles. The van der Waals surface area contributed by atoms with Crippen LogP contribution in [0.1, 0.15) is 51.0 Å². The van der Waals surface area contributed by atoms with Crippen LogP contribution >= 0.6 is 0 Å². The van der Waals surface area contributed by atoms with Crippen molar-refractivity contribution in [2.45, 2.75) is 51.9 Å². The maximum Gasteiger partial charge on any atom is 0.115 e. The Kier molecular flexibility index (Phi) is 9.71. The van der Waals surface area contributed by atoms with E-state index in [1.807, 2.05) is 54.6 Å². The van der Waals surface area contributed by atoms with Crippen LogP contribution in [0, 0.1) is 0 Å². The topological polar surface area (TPSA) is 40.5 Å². The fourth-order valence-corrected chi connectivity index (χ4v) is 3.06. The molecule has 2 nitrogen and oxygen atoms in total. The number of aromatic hydroxyl groups is 2. The molecule has 3 aromatic rings. The van der Waals surface area contributed by atoms with Crippen LogP contribution in [0.4, 0.5) is 0 Å². The van der Waals surface area contributed by atoms with Gasteiger partial charge in [0.15, 0.2) is 0 Å². The van der Waals surface area contributed by atoms with Crippen LogP contribution in [0.3, 0.4) is 0 Å². The van der Waals surface area contributed by atoms with Gasteiger partial charge < -0.3 is 10.2 Å². The van der Waals surface area contributed by atoms with Gasteiger partial charge in [0, 0.05) is 0 Å². The number of unbranched alkanes of at least 4 members (excludes halogenated alkanes) is 5. The first-order valence-electron chi connectivity index (χ1n) is 10.3. The van der Waals surface area contributed by atoms with Crippen molar-refractivity contribution >= 4 is 0 Å². The normalized spacial score (nSPS) is 10.2. The van der Waals surface area contributed by atoms with Crippen molar-refractivity contribution in [3.05, 3.63) is 84.4 Å². The molecule has 3 aromatic carbocycles. The summed E-state index contributed by atoms with van der Waals surface area (Å²) >= 11 is 0. The lowest BCUT2D eigenvalue weighted by Crippen LogP contribution is -1.85. The van der Waals surface area contributed by atoms with Gasteiger partial charge >= 0.3 is 0 Å². The number of hydrogen-bond donors (Lipinski definition) is 2. The second kappa shape index (κ2) is 12.6. The van der Waals surface area contributed by atoms with Crippen molar-refractivity contribution < 1.29 is 10.2 Å². The highest BCUT2D eigenvalue weighted by molar-refractivity contribution is 5.63. The second-order valence-corrected chi connectivity index (χ2v) is 7.10. The molecule has 0 unspecified atom stereocenters. The van der Waals surface area contributed by atoms with Crippen LogP contribution in [-0.2, 0) is 6.42 Å². The van der Waals surface area contributed by atoms with Crippen molar-refractivity contribution in [3.8, 4) is 22.6 Å². The molecular formula is C26H32O2. The van der Waals surface area contributed by atoms with Crippen molar-refractivity contribution in [1.29, 1.82) is 0 Å². The highest BCUT2D eigenvalue weighted by atomic mass is 16.3. The average Bonchev–Trinajstić information content (AvgIpc) is 2.74. The molecule has 0 atom stereocenters. The molecule has 0 saturated heterocycles. The lowest BCUT2D eigenvalue weighted by molar-refractivity contribution is 0.474. The smallest absolute Gasteiger partial charge is 0.115 e. The molecule has 3 rings (SSSR count). The van der Waals surface area contributed by atoms with Crippen molar-refractivity contribution in [2.24, 2.45) is 0 Å². The summed E-state index contributed by atoms with van der Waals surface area (Å²) in [6, 6.07) is 24.9. The first kappa shape index (κ1) is 21.6. The first-order chi connectivity index (χ1) is 13.7. The zero-order chi connectivity index (χ0) is 20.0. The summed E-state index contributed by atoms with van der Waals surface area (Å²) in [4.78, 5) is 0. The quantitative estimate of drug-likeness (QED) is 0.403. The minimum atomic E-state index is 0.305. The molecule has 0 radical (unpaired) electrons. The summed E-state index contributed by atoms with van der Waals surface area (Å²) in [5, 5.41) is 18.2. The van der Waals surface area contributed by atoms with Crippen LogP contribution in [-0.4, -0.2) is 10.2 Å². The molecule has 28 heavy (non-hydrogen) atoms. The monoisotopic (exact) mass is 376 g/mol. The van der Waals surface area contributed by atoms with E-state index in [1.54, 1.807) is 24.3 Å². The standard InChI is InChI=1S/C14H22O.C12H10O/c1-2-3-4-5-6-7-8-13-9-11-14(15)12-10-13;13-12-8-6-11(7-9-12)10-4-2-1-3-5-10/h9-12,15H,2-8H2,1H3;1-9,13H. The number of hydrogen-bond acceptors (Lipinski definition) is 2. The molecule has 0 fully saturated rings. The van der Waals surface area contributed by atoms with Crippen molar-refractivity contribution in [3.63, 3.8) is 0 Å². The molecule has 2 heteroatoms. The maximum absolute atomic E-state index is 9.13. The van der Waals surface area contributed by atoms with Crippen molar-refractivity contribution in [1.82, 2.24) is 0 Å². The van der Waals surface area contributed by atoms with Gasteiger partial charge in [-0.1, -0.05) is 93.6 Å². The van der Waals surface area contributed by atoms with Crippen LogP contribution in [0.5, 0.6) is 11.5 Å². The van der Waals surface area contributed by atoms with Crippen molar-refractivity contribution in [2.75, 3.05) is 0 Å². The van der Waals surface area contributed by atoms with E-state index >= 15 is 0 Å². The van der Waals surface area contributed by atoms with Gasteiger partial charge in [-0.2, -0.15) is 0 Å². The molecule has 0 amide bonds. The third kappa shape index (κ3) is 8.30. The Labute approximate surface area is 169 Å². The van der Waals surface area contributed by atoms with Gasteiger partial charge in [0.1, 0.15) is 11.5 Å². The lowest BCUT2D eigenvalue weighted by atomic mass is 10.1. The molecule has 2 N–H and O–H groups in total. The van der Waals surface area contributed by atoms with Gasteiger partial charge in [-0.3, -0.25) is 0 Å². The first-order valence-corrected chi connectivity index (χ1v) is 10.3. The summed E-state index contributed by atoms with van der Waals surface area (Å²) in [5.74, 6) is 0.668. The summed E-state index contributed by atoms with van der Waals surface area (Å²) in [7, 11) is 0. The Bertz CT molecular complexity index is 762. The zero-order valence-electron chi connectivity index (χ0n) is 16.8. The van der Waals surface area contributed by atoms with E-state index in [4.69, 9.17) is 10.2 Å². The minimum Gasteiger partial charge on any atom is -0.508 e. The summed E-state index contributed by atoms with van der Waals surface area (Å²) in [5.41, 5.74) is 3.63. The molecule has 0 saturated carbocycles. The minimum absolute atomic E-state index is 0.305. The number of benzene rings is 3. The predicted molar refractivity (Wildman–Crippen MR) is 119 cm³/mol. The van der Waals surface area contributed by atoms with E-state index in [9.17, 15) is 0 Å². The van der Waals surface area contributed by atoms with Gasteiger partial charge in [0.2, 0.25) is 0 Å². The fraction of sp³-hybridized carbons (Fsp3) is 0.308. The Morgan fingerprint density at radius 3 is 1.64 bits per heavy atom. The largest absolute Gasteiger partial charge is 0.508 e. The van der Waals surface area contributed by atoms with E-state index in [-0.39, 0.29) is 0 Å². The third-order valence-electron chi connectivity index (χ3n) is 4.73. The fourth-order valence-electron chi connectivity index (χ4n) is 3.06. The predicted octanol–water partition coefficient (Wildman–Crippen LogP) is 7.35. The van der Waals surface area contributed by atoms with Gasteiger partial charge in [0.25, 0.3) is 0 Å². The molecule has 0 aromatic heterocycles. The van der Waals surface area contributed by atoms with Gasteiger partial charge in [-0.15, -0.1) is 0 Å².